The third-order valence-electron chi connectivity index (χ3n) is 6.19. The van der Waals surface area contributed by atoms with Crippen molar-refractivity contribution in [3.63, 3.8) is 0 Å². The second-order valence-electron chi connectivity index (χ2n) is 9.51. The van der Waals surface area contributed by atoms with Gasteiger partial charge < -0.3 is 20.2 Å². The van der Waals surface area contributed by atoms with Gasteiger partial charge in [-0.1, -0.05) is 81.4 Å². The van der Waals surface area contributed by atoms with Gasteiger partial charge in [-0.25, -0.2) is 4.79 Å². The molecule has 1 aromatic heterocycles. The molecule has 4 rings (SSSR count). The van der Waals surface area contributed by atoms with E-state index in [0.717, 1.165) is 0 Å². The number of benzene rings is 2. The lowest BCUT2D eigenvalue weighted by Gasteiger charge is -2.44. The smallest absolute Gasteiger partial charge is 0.351 e. The van der Waals surface area contributed by atoms with Crippen molar-refractivity contribution in [3.8, 4) is 0 Å². The third kappa shape index (κ3) is 4.99. The Bertz CT molecular complexity index is 1130. The fraction of sp³-hybridized carbons (Fsp3) is 0.360. The fourth-order valence-electron chi connectivity index (χ4n) is 4.59. The maximum absolute atomic E-state index is 12.5. The predicted molar refractivity (Wildman–Crippen MR) is 146 cm³/mol. The summed E-state index contributed by atoms with van der Waals surface area (Å²) in [7, 11) is -2.67. The molecule has 3 aromatic rings. The summed E-state index contributed by atoms with van der Waals surface area (Å²) in [5.74, 6) is 0.234. The Morgan fingerprint density at radius 1 is 1.12 bits per heavy atom. The summed E-state index contributed by atoms with van der Waals surface area (Å²) in [6.07, 6.45) is 1.00. The number of nitrogens with zero attached hydrogens (tertiary/aromatic N) is 2. The van der Waals surface area contributed by atoms with Crippen molar-refractivity contribution in [1.29, 1.82) is 0 Å². The Kier molecular flexibility index (Phi) is 7.58. The molecule has 1 saturated heterocycles. The van der Waals surface area contributed by atoms with Gasteiger partial charge in [0.05, 0.1) is 16.3 Å². The van der Waals surface area contributed by atoms with E-state index in [9.17, 15) is 4.79 Å². The lowest BCUT2D eigenvalue weighted by atomic mass is 10.2. The van der Waals surface area contributed by atoms with Crippen LogP contribution in [0.1, 0.15) is 27.0 Å². The summed E-state index contributed by atoms with van der Waals surface area (Å²) < 4.78 is 15.6. The molecule has 0 aliphatic carbocycles. The number of nitrogens with two attached hydrogens (primary N) is 1. The molecular weight excluding hydrogens is 559 g/mol. The zero-order valence-electron chi connectivity index (χ0n) is 19.7. The first-order chi connectivity index (χ1) is 16.2. The van der Waals surface area contributed by atoms with Crippen molar-refractivity contribution >= 4 is 47.1 Å². The molecule has 7 nitrogen and oxygen atoms in total. The SMILES string of the molecule is CC(C)(C)[Si](OC[C@@H]1CNC[C@H](n2cc(I)c(N)nc2=O)O1)(c1ccccc1)c1ccccc1. The monoisotopic (exact) mass is 590 g/mol. The summed E-state index contributed by atoms with van der Waals surface area (Å²) in [6.45, 7) is 8.32. The van der Waals surface area contributed by atoms with E-state index in [4.69, 9.17) is 14.9 Å². The zero-order chi connectivity index (χ0) is 24.3. The van der Waals surface area contributed by atoms with Gasteiger partial charge in [-0.15, -0.1) is 0 Å². The number of nitrogen functional groups attached to an aromatic ring is 1. The zero-order valence-corrected chi connectivity index (χ0v) is 22.9. The largest absolute Gasteiger partial charge is 0.405 e. The molecule has 0 saturated carbocycles. The van der Waals surface area contributed by atoms with Crippen LogP contribution in [0, 0.1) is 3.57 Å². The summed E-state index contributed by atoms with van der Waals surface area (Å²) in [4.78, 5) is 16.4. The van der Waals surface area contributed by atoms with Gasteiger partial charge in [-0.05, 0) is 38.0 Å². The van der Waals surface area contributed by atoms with Crippen molar-refractivity contribution < 1.29 is 9.16 Å². The number of rotatable bonds is 6. The first kappa shape index (κ1) is 25.1. The van der Waals surface area contributed by atoms with Gasteiger partial charge in [0.2, 0.25) is 0 Å². The van der Waals surface area contributed by atoms with E-state index in [0.29, 0.717) is 23.3 Å². The van der Waals surface area contributed by atoms with E-state index in [2.05, 4.69) is 102 Å². The minimum absolute atomic E-state index is 0.120. The Balaban J connectivity index is 1.63. The maximum atomic E-state index is 12.5. The van der Waals surface area contributed by atoms with Crippen LogP contribution in [0.2, 0.25) is 5.04 Å². The second kappa shape index (κ2) is 10.3. The highest BCUT2D eigenvalue weighted by Crippen LogP contribution is 2.37. The molecule has 9 heteroatoms. The van der Waals surface area contributed by atoms with E-state index in [1.165, 1.54) is 14.9 Å². The van der Waals surface area contributed by atoms with Crippen molar-refractivity contribution in [2.24, 2.45) is 0 Å². The lowest BCUT2D eigenvalue weighted by molar-refractivity contribution is -0.0943. The van der Waals surface area contributed by atoms with Crippen LogP contribution >= 0.6 is 22.6 Å². The van der Waals surface area contributed by atoms with Crippen LogP contribution in [-0.4, -0.2) is 43.7 Å². The molecule has 0 bridgehead atoms. The van der Waals surface area contributed by atoms with Crippen molar-refractivity contribution in [2.75, 3.05) is 25.4 Å². The van der Waals surface area contributed by atoms with Gasteiger partial charge in [0.1, 0.15) is 5.82 Å². The van der Waals surface area contributed by atoms with Crippen LogP contribution in [0.15, 0.2) is 71.7 Å². The van der Waals surface area contributed by atoms with Gasteiger partial charge in [0.15, 0.2) is 6.23 Å². The Hall–Kier alpha value is -2.05. The minimum atomic E-state index is -2.67. The first-order valence-corrected chi connectivity index (χ1v) is 14.4. The normalized spacial score (nSPS) is 19.2. The van der Waals surface area contributed by atoms with Crippen LogP contribution in [0.4, 0.5) is 5.82 Å². The Labute approximate surface area is 215 Å². The molecule has 3 N–H and O–H groups in total. The van der Waals surface area contributed by atoms with E-state index >= 15 is 0 Å². The minimum Gasteiger partial charge on any atom is -0.405 e. The van der Waals surface area contributed by atoms with Gasteiger partial charge >= 0.3 is 5.69 Å². The number of hydrogen-bond acceptors (Lipinski definition) is 6. The van der Waals surface area contributed by atoms with Crippen molar-refractivity contribution in [1.82, 2.24) is 14.9 Å². The number of aromatic nitrogens is 2. The fourth-order valence-corrected chi connectivity index (χ4v) is 9.60. The highest BCUT2D eigenvalue weighted by atomic mass is 127. The highest BCUT2D eigenvalue weighted by molar-refractivity contribution is 14.1. The number of morpholine rings is 1. The third-order valence-corrected chi connectivity index (χ3v) is 12.0. The average Bonchev–Trinajstić information content (AvgIpc) is 2.82. The summed E-state index contributed by atoms with van der Waals surface area (Å²) >= 11 is 2.07. The van der Waals surface area contributed by atoms with Gasteiger partial charge in [-0.3, -0.25) is 4.57 Å². The van der Waals surface area contributed by atoms with E-state index < -0.39 is 20.2 Å². The first-order valence-electron chi connectivity index (χ1n) is 11.4. The number of anilines is 1. The molecule has 2 aromatic carbocycles. The Morgan fingerprint density at radius 2 is 1.71 bits per heavy atom. The molecule has 1 aliphatic rings. The standard InChI is InChI=1S/C25H31IN4O3Si/c1-25(2,3)34(19-10-6-4-7-11-19,20-12-8-5-9-13-20)32-17-18-14-28-15-22(33-18)30-16-21(26)23(27)29-24(30)31/h4-13,16,18,22,28H,14-15,17H2,1-3H3,(H2,27,29,31)/t18-,22+/m0/s1. The summed E-state index contributed by atoms with van der Waals surface area (Å²) in [6, 6.07) is 21.1. The Morgan fingerprint density at radius 3 is 2.26 bits per heavy atom. The van der Waals surface area contributed by atoms with Crippen molar-refractivity contribution in [2.45, 2.75) is 38.1 Å². The van der Waals surface area contributed by atoms with Crippen LogP contribution in [0.25, 0.3) is 0 Å². The summed E-state index contributed by atoms with van der Waals surface area (Å²) in [5, 5.41) is 5.72. The molecule has 180 valence electrons. The van der Waals surface area contributed by atoms with Crippen LogP contribution in [0.5, 0.6) is 0 Å². The molecule has 0 radical (unpaired) electrons. The van der Waals surface area contributed by atoms with Crippen LogP contribution in [0.3, 0.4) is 0 Å². The molecule has 34 heavy (non-hydrogen) atoms. The molecule has 1 fully saturated rings. The van der Waals surface area contributed by atoms with Gasteiger partial charge in [-0.2, -0.15) is 4.98 Å². The average molecular weight is 591 g/mol. The summed E-state index contributed by atoms with van der Waals surface area (Å²) in [5.41, 5.74) is 5.37. The number of halogens is 1. The molecule has 2 heterocycles. The number of nitrogens with one attached hydrogen (secondary N) is 1. The van der Waals surface area contributed by atoms with Crippen molar-refractivity contribution in [3.05, 3.63) is 80.9 Å². The molecule has 1 aliphatic heterocycles. The second-order valence-corrected chi connectivity index (χ2v) is 15.0. The molecule has 0 amide bonds. The quantitative estimate of drug-likeness (QED) is 0.339. The molecular formula is C25H31IN4O3Si. The lowest BCUT2D eigenvalue weighted by Crippen LogP contribution is -2.67. The van der Waals surface area contributed by atoms with E-state index in [-0.39, 0.29) is 17.0 Å². The van der Waals surface area contributed by atoms with Gasteiger partial charge in [0, 0.05) is 19.3 Å². The van der Waals surface area contributed by atoms with Crippen LogP contribution in [-0.2, 0) is 9.16 Å². The van der Waals surface area contributed by atoms with Gasteiger partial charge in [0.25, 0.3) is 8.32 Å². The number of ether oxygens (including phenoxy) is 1. The molecule has 2 atom stereocenters. The van der Waals surface area contributed by atoms with Crippen LogP contribution < -0.4 is 27.1 Å². The topological polar surface area (TPSA) is 91.4 Å². The predicted octanol–water partition coefficient (Wildman–Crippen LogP) is 2.49. The number of hydrogen-bond donors (Lipinski definition) is 2. The highest BCUT2D eigenvalue weighted by Gasteiger charge is 2.50. The molecule has 0 unspecified atom stereocenters. The van der Waals surface area contributed by atoms with E-state index in [1.54, 1.807) is 6.20 Å². The molecule has 0 spiro atoms. The van der Waals surface area contributed by atoms with E-state index in [1.807, 2.05) is 12.1 Å². The maximum Gasteiger partial charge on any atom is 0.351 e.